The lowest BCUT2D eigenvalue weighted by atomic mass is 10.1. The summed E-state index contributed by atoms with van der Waals surface area (Å²) in [6, 6.07) is 9.18. The number of hydrogen-bond donors (Lipinski definition) is 1. The highest BCUT2D eigenvalue weighted by atomic mass is 35.5. The smallest absolute Gasteiger partial charge is 0.128 e. The maximum Gasteiger partial charge on any atom is 0.128 e. The van der Waals surface area contributed by atoms with Gasteiger partial charge in [0, 0.05) is 21.3 Å². The molecule has 1 N–H and O–H groups in total. The van der Waals surface area contributed by atoms with Crippen LogP contribution < -0.4 is 4.74 Å². The van der Waals surface area contributed by atoms with Crippen molar-refractivity contribution in [1.29, 1.82) is 0 Å². The minimum absolute atomic E-state index is 0.666. The first kappa shape index (κ1) is 11.2. The molecule has 0 aliphatic rings. The molecule has 0 aliphatic heterocycles. The summed E-state index contributed by atoms with van der Waals surface area (Å²) in [5, 5.41) is 0.666. The molecule has 0 atom stereocenters. The first-order chi connectivity index (χ1) is 7.70. The second-order valence-corrected chi connectivity index (χ2v) is 4.19. The van der Waals surface area contributed by atoms with Crippen molar-refractivity contribution in [2.24, 2.45) is 0 Å². The average Bonchev–Trinajstić information content (AvgIpc) is 2.29. The van der Waals surface area contributed by atoms with Gasteiger partial charge in [-0.25, -0.2) is 0 Å². The molecule has 1 heterocycles. The number of pyridine rings is 1. The van der Waals surface area contributed by atoms with Crippen molar-refractivity contribution in [3.8, 4) is 17.0 Å². The van der Waals surface area contributed by atoms with Crippen LogP contribution in [-0.4, -0.2) is 12.1 Å². The molecule has 4 heteroatoms. The molecule has 0 fully saturated rings. The van der Waals surface area contributed by atoms with Gasteiger partial charge in [-0.05, 0) is 30.3 Å². The van der Waals surface area contributed by atoms with Crippen molar-refractivity contribution in [2.75, 3.05) is 7.11 Å². The van der Waals surface area contributed by atoms with Gasteiger partial charge in [-0.15, -0.1) is 0 Å². The zero-order valence-corrected chi connectivity index (χ0v) is 10.2. The standard InChI is InChI=1S/C12H10ClNOS/c1-15-12-3-2-8(13)6-10(12)11-7-9(16)4-5-14-11/h2-7H,1H3,(H,14,16). The second-order valence-electron chi connectivity index (χ2n) is 3.28. The minimum Gasteiger partial charge on any atom is -0.496 e. The Bertz CT molecular complexity index is 565. The molecule has 82 valence electrons. The van der Waals surface area contributed by atoms with Gasteiger partial charge in [-0.1, -0.05) is 23.8 Å². The fourth-order valence-electron chi connectivity index (χ4n) is 1.49. The summed E-state index contributed by atoms with van der Waals surface area (Å²) in [4.78, 5) is 3.12. The maximum atomic E-state index is 5.97. The van der Waals surface area contributed by atoms with Gasteiger partial charge in [-0.3, -0.25) is 0 Å². The van der Waals surface area contributed by atoms with Crippen LogP contribution in [0.3, 0.4) is 0 Å². The van der Waals surface area contributed by atoms with Crippen LogP contribution in [0.15, 0.2) is 36.5 Å². The third-order valence-electron chi connectivity index (χ3n) is 2.22. The third kappa shape index (κ3) is 2.26. The lowest BCUT2D eigenvalue weighted by Crippen LogP contribution is -1.89. The Hall–Kier alpha value is -1.32. The van der Waals surface area contributed by atoms with Gasteiger partial charge < -0.3 is 9.72 Å². The number of H-pyrrole nitrogens is 1. The zero-order valence-electron chi connectivity index (χ0n) is 8.66. The van der Waals surface area contributed by atoms with Gasteiger partial charge in [0.15, 0.2) is 0 Å². The van der Waals surface area contributed by atoms with Crippen LogP contribution >= 0.6 is 23.8 Å². The van der Waals surface area contributed by atoms with Crippen LogP contribution in [0, 0.1) is 4.51 Å². The lowest BCUT2D eigenvalue weighted by molar-refractivity contribution is 0.416. The van der Waals surface area contributed by atoms with E-state index in [4.69, 9.17) is 28.6 Å². The highest BCUT2D eigenvalue weighted by Gasteiger charge is 2.06. The summed E-state index contributed by atoms with van der Waals surface area (Å²) >= 11 is 11.1. The molecule has 0 aliphatic carbocycles. The van der Waals surface area contributed by atoms with Crippen molar-refractivity contribution in [2.45, 2.75) is 0 Å². The molecule has 2 rings (SSSR count). The van der Waals surface area contributed by atoms with Gasteiger partial charge in [0.1, 0.15) is 5.75 Å². The summed E-state index contributed by atoms with van der Waals surface area (Å²) in [6.07, 6.45) is 1.80. The summed E-state index contributed by atoms with van der Waals surface area (Å²) in [7, 11) is 1.63. The summed E-state index contributed by atoms with van der Waals surface area (Å²) in [5.74, 6) is 0.765. The number of hydrogen-bond acceptors (Lipinski definition) is 2. The van der Waals surface area contributed by atoms with Crippen LogP contribution in [0.4, 0.5) is 0 Å². The SMILES string of the molecule is COc1ccc(Cl)cc1-c1cc(=S)cc[nH]1. The number of methoxy groups -OCH3 is 1. The Morgan fingerprint density at radius 2 is 2.06 bits per heavy atom. The summed E-state index contributed by atoms with van der Waals surface area (Å²) < 4.78 is 6.06. The van der Waals surface area contributed by atoms with Crippen LogP contribution in [0.5, 0.6) is 5.75 Å². The number of halogens is 1. The van der Waals surface area contributed by atoms with E-state index < -0.39 is 0 Å². The molecule has 0 radical (unpaired) electrons. The van der Waals surface area contributed by atoms with E-state index in [-0.39, 0.29) is 0 Å². The molecule has 0 spiro atoms. The van der Waals surface area contributed by atoms with Crippen molar-refractivity contribution in [3.05, 3.63) is 46.1 Å². The summed E-state index contributed by atoms with van der Waals surface area (Å²) in [6.45, 7) is 0. The largest absolute Gasteiger partial charge is 0.496 e. The van der Waals surface area contributed by atoms with Crippen LogP contribution in [0.1, 0.15) is 0 Å². The molecule has 2 aromatic rings. The van der Waals surface area contributed by atoms with E-state index in [1.807, 2.05) is 24.3 Å². The lowest BCUT2D eigenvalue weighted by Gasteiger charge is -2.08. The van der Waals surface area contributed by atoms with Gasteiger partial charge in [-0.2, -0.15) is 0 Å². The van der Waals surface area contributed by atoms with E-state index in [9.17, 15) is 0 Å². The predicted molar refractivity (Wildman–Crippen MR) is 68.6 cm³/mol. The molecule has 2 nitrogen and oxygen atoms in total. The minimum atomic E-state index is 0.666. The topological polar surface area (TPSA) is 25.0 Å². The Labute approximate surface area is 104 Å². The van der Waals surface area contributed by atoms with Crippen molar-refractivity contribution < 1.29 is 4.74 Å². The van der Waals surface area contributed by atoms with Crippen molar-refractivity contribution in [1.82, 2.24) is 4.98 Å². The highest BCUT2D eigenvalue weighted by Crippen LogP contribution is 2.30. The van der Waals surface area contributed by atoms with Crippen LogP contribution in [0.2, 0.25) is 5.02 Å². The quantitative estimate of drug-likeness (QED) is 0.814. The molecule has 0 saturated carbocycles. The van der Waals surface area contributed by atoms with Gasteiger partial charge in [0.05, 0.1) is 12.8 Å². The summed E-state index contributed by atoms with van der Waals surface area (Å²) in [5.41, 5.74) is 1.80. The van der Waals surface area contributed by atoms with E-state index in [0.29, 0.717) is 5.02 Å². The maximum absolute atomic E-state index is 5.97. The van der Waals surface area contributed by atoms with Crippen LogP contribution in [0.25, 0.3) is 11.3 Å². The highest BCUT2D eigenvalue weighted by molar-refractivity contribution is 7.71. The van der Waals surface area contributed by atoms with E-state index in [0.717, 1.165) is 21.5 Å². The molecule has 1 aromatic carbocycles. The first-order valence-corrected chi connectivity index (χ1v) is 5.52. The molecule has 0 bridgehead atoms. The van der Waals surface area contributed by atoms with Gasteiger partial charge in [0.25, 0.3) is 0 Å². The molecular formula is C12H10ClNOS. The predicted octanol–water partition coefficient (Wildman–Crippen LogP) is 4.07. The van der Waals surface area contributed by atoms with Crippen LogP contribution in [-0.2, 0) is 0 Å². The fourth-order valence-corrected chi connectivity index (χ4v) is 1.85. The average molecular weight is 252 g/mol. The van der Waals surface area contributed by atoms with E-state index in [1.54, 1.807) is 19.4 Å². The number of benzene rings is 1. The van der Waals surface area contributed by atoms with E-state index in [2.05, 4.69) is 4.98 Å². The second kappa shape index (κ2) is 4.68. The molecular weight excluding hydrogens is 242 g/mol. The first-order valence-electron chi connectivity index (χ1n) is 4.73. The molecule has 0 amide bonds. The molecule has 0 unspecified atom stereocenters. The number of ether oxygens (including phenoxy) is 1. The van der Waals surface area contributed by atoms with Crippen molar-refractivity contribution in [3.63, 3.8) is 0 Å². The Morgan fingerprint density at radius 3 is 2.75 bits per heavy atom. The van der Waals surface area contributed by atoms with Crippen molar-refractivity contribution >= 4 is 23.8 Å². The Morgan fingerprint density at radius 1 is 1.25 bits per heavy atom. The molecule has 16 heavy (non-hydrogen) atoms. The zero-order chi connectivity index (χ0) is 11.5. The number of rotatable bonds is 2. The Balaban J connectivity index is 2.62. The van der Waals surface area contributed by atoms with E-state index in [1.165, 1.54) is 0 Å². The van der Waals surface area contributed by atoms with Gasteiger partial charge >= 0.3 is 0 Å². The molecule has 0 saturated heterocycles. The molecule has 1 aromatic heterocycles. The third-order valence-corrected chi connectivity index (χ3v) is 2.71. The number of aromatic nitrogens is 1. The normalized spacial score (nSPS) is 10.1. The fraction of sp³-hybridized carbons (Fsp3) is 0.0833. The Kier molecular flexibility index (Phi) is 3.27. The van der Waals surface area contributed by atoms with E-state index >= 15 is 0 Å². The number of nitrogens with one attached hydrogen (secondary N) is 1. The number of aromatic amines is 1. The van der Waals surface area contributed by atoms with Gasteiger partial charge in [0.2, 0.25) is 0 Å². The monoisotopic (exact) mass is 251 g/mol.